The third-order valence-corrected chi connectivity index (χ3v) is 3.31. The van der Waals surface area contributed by atoms with E-state index in [-0.39, 0.29) is 18.2 Å². The number of carbonyl (C=O) groups is 1. The quantitative estimate of drug-likeness (QED) is 0.576. The lowest BCUT2D eigenvalue weighted by Crippen LogP contribution is -2.14. The van der Waals surface area contributed by atoms with Gasteiger partial charge in [0.25, 0.3) is 0 Å². The molecule has 3 aromatic rings. The van der Waals surface area contributed by atoms with Gasteiger partial charge in [0.05, 0.1) is 6.20 Å². The first-order chi connectivity index (χ1) is 11.7. The van der Waals surface area contributed by atoms with Crippen molar-refractivity contribution in [1.29, 1.82) is 0 Å². The van der Waals surface area contributed by atoms with E-state index in [1.54, 1.807) is 6.20 Å². The second-order valence-corrected chi connectivity index (χ2v) is 5.09. The highest BCUT2D eigenvalue weighted by atomic mass is 16.5. The molecule has 120 valence electrons. The van der Waals surface area contributed by atoms with Crippen LogP contribution in [-0.2, 0) is 16.1 Å². The zero-order valence-electron chi connectivity index (χ0n) is 12.9. The Morgan fingerprint density at radius 2 is 1.75 bits per heavy atom. The van der Waals surface area contributed by atoms with Gasteiger partial charge in [-0.25, -0.2) is 9.78 Å². The van der Waals surface area contributed by atoms with E-state index in [0.29, 0.717) is 5.76 Å². The third kappa shape index (κ3) is 3.89. The lowest BCUT2D eigenvalue weighted by molar-refractivity contribution is -0.140. The first-order valence-corrected chi connectivity index (χ1v) is 7.42. The van der Waals surface area contributed by atoms with Gasteiger partial charge < -0.3 is 14.9 Å². The molecule has 0 bridgehead atoms. The normalized spacial score (nSPS) is 11.2. The van der Waals surface area contributed by atoms with Gasteiger partial charge in [0, 0.05) is 11.6 Å². The molecule has 2 aromatic carbocycles. The van der Waals surface area contributed by atoms with Crippen LogP contribution in [0.15, 0.2) is 77.0 Å². The highest BCUT2D eigenvalue weighted by molar-refractivity contribution is 5.91. The minimum atomic E-state index is -0.613. The summed E-state index contributed by atoms with van der Waals surface area (Å²) in [6, 6.07) is 18.9. The Morgan fingerprint density at radius 3 is 2.46 bits per heavy atom. The summed E-state index contributed by atoms with van der Waals surface area (Å²) >= 11 is 0. The molecule has 0 aliphatic heterocycles. The highest BCUT2D eigenvalue weighted by Crippen LogP contribution is 2.20. The molecular weight excluding hydrogens is 304 g/mol. The number of esters is 1. The molecule has 0 saturated heterocycles. The minimum Gasteiger partial charge on any atom is -0.456 e. The van der Waals surface area contributed by atoms with Crippen molar-refractivity contribution in [1.82, 2.24) is 4.98 Å². The van der Waals surface area contributed by atoms with E-state index in [9.17, 15) is 4.79 Å². The van der Waals surface area contributed by atoms with E-state index in [1.807, 2.05) is 60.7 Å². The molecule has 2 N–H and O–H groups in total. The van der Waals surface area contributed by atoms with Gasteiger partial charge in [-0.3, -0.25) is 0 Å². The second-order valence-electron chi connectivity index (χ2n) is 5.09. The molecule has 0 atom stereocenters. The van der Waals surface area contributed by atoms with Crippen LogP contribution in [0.25, 0.3) is 17.4 Å². The maximum absolute atomic E-state index is 11.9. The molecule has 0 spiro atoms. The summed E-state index contributed by atoms with van der Waals surface area (Å²) < 4.78 is 10.7. The Hall–Kier alpha value is -3.34. The van der Waals surface area contributed by atoms with Gasteiger partial charge in [0.15, 0.2) is 5.76 Å². The molecule has 0 unspecified atom stereocenters. The molecule has 0 fully saturated rings. The van der Waals surface area contributed by atoms with Gasteiger partial charge in [0.1, 0.15) is 12.3 Å². The number of benzene rings is 2. The van der Waals surface area contributed by atoms with Crippen molar-refractivity contribution in [3.8, 4) is 11.3 Å². The lowest BCUT2D eigenvalue weighted by Gasteiger charge is -2.04. The fourth-order valence-corrected chi connectivity index (χ4v) is 2.09. The Morgan fingerprint density at radius 1 is 1.08 bits per heavy atom. The number of carbonyl (C=O) groups excluding carboxylic acids is 1. The number of nitrogens with zero attached hydrogens (tertiary/aromatic N) is 1. The van der Waals surface area contributed by atoms with Crippen LogP contribution in [0.2, 0.25) is 0 Å². The molecule has 0 aliphatic carbocycles. The number of ether oxygens (including phenoxy) is 1. The van der Waals surface area contributed by atoms with E-state index in [1.165, 1.54) is 6.08 Å². The second kappa shape index (κ2) is 7.28. The lowest BCUT2D eigenvalue weighted by atomic mass is 10.2. The molecule has 1 aromatic heterocycles. The van der Waals surface area contributed by atoms with E-state index in [4.69, 9.17) is 14.9 Å². The number of rotatable bonds is 5. The molecule has 0 radical (unpaired) electrons. The van der Waals surface area contributed by atoms with Gasteiger partial charge in [0.2, 0.25) is 5.89 Å². The van der Waals surface area contributed by atoms with Crippen molar-refractivity contribution in [2.24, 2.45) is 5.73 Å². The van der Waals surface area contributed by atoms with Crippen LogP contribution in [0.5, 0.6) is 0 Å². The molecule has 0 saturated carbocycles. The summed E-state index contributed by atoms with van der Waals surface area (Å²) in [5, 5.41) is 0. The summed E-state index contributed by atoms with van der Waals surface area (Å²) in [6.45, 7) is 0.162. The van der Waals surface area contributed by atoms with Crippen LogP contribution in [-0.4, -0.2) is 11.0 Å². The summed E-state index contributed by atoms with van der Waals surface area (Å²) in [6.07, 6.45) is 2.95. The maximum Gasteiger partial charge on any atom is 0.354 e. The van der Waals surface area contributed by atoms with Crippen molar-refractivity contribution < 1.29 is 13.9 Å². The van der Waals surface area contributed by atoms with Crippen molar-refractivity contribution in [3.05, 3.63) is 84.0 Å². The highest BCUT2D eigenvalue weighted by Gasteiger charge is 2.10. The molecule has 3 rings (SSSR count). The van der Waals surface area contributed by atoms with Crippen LogP contribution in [0.1, 0.15) is 11.5 Å². The van der Waals surface area contributed by atoms with Crippen LogP contribution in [0, 0.1) is 0 Å². The predicted octanol–water partition coefficient (Wildman–Crippen LogP) is 3.38. The fraction of sp³-hybridized carbons (Fsp3) is 0.0526. The topological polar surface area (TPSA) is 78.4 Å². The average Bonchev–Trinajstić information content (AvgIpc) is 3.10. The van der Waals surface area contributed by atoms with Crippen LogP contribution in [0.3, 0.4) is 0 Å². The van der Waals surface area contributed by atoms with Crippen LogP contribution in [0.4, 0.5) is 0 Å². The summed E-state index contributed by atoms with van der Waals surface area (Å²) in [4.78, 5) is 16.0. The van der Waals surface area contributed by atoms with Gasteiger partial charge in [-0.2, -0.15) is 0 Å². The Labute approximate surface area is 139 Å². The number of aromatic nitrogens is 1. The monoisotopic (exact) mass is 320 g/mol. The third-order valence-electron chi connectivity index (χ3n) is 3.31. The van der Waals surface area contributed by atoms with Crippen LogP contribution < -0.4 is 5.73 Å². The van der Waals surface area contributed by atoms with Gasteiger partial charge in [-0.15, -0.1) is 0 Å². The summed E-state index contributed by atoms with van der Waals surface area (Å²) in [5.41, 5.74) is 7.47. The molecule has 5 heteroatoms. The Balaban J connectivity index is 1.65. The molecule has 1 heterocycles. The smallest absolute Gasteiger partial charge is 0.354 e. The van der Waals surface area contributed by atoms with Gasteiger partial charge in [-0.05, 0) is 5.56 Å². The number of nitrogens with two attached hydrogens (primary N) is 1. The van der Waals surface area contributed by atoms with E-state index < -0.39 is 5.97 Å². The Bertz CT molecular complexity index is 839. The number of oxazole rings is 1. The molecule has 24 heavy (non-hydrogen) atoms. The van der Waals surface area contributed by atoms with E-state index >= 15 is 0 Å². The molecule has 5 nitrogen and oxygen atoms in total. The molecule has 0 aliphatic rings. The van der Waals surface area contributed by atoms with Crippen molar-refractivity contribution >= 4 is 12.0 Å². The van der Waals surface area contributed by atoms with Gasteiger partial charge >= 0.3 is 5.97 Å². The Kier molecular flexibility index (Phi) is 4.72. The van der Waals surface area contributed by atoms with Crippen molar-refractivity contribution in [2.75, 3.05) is 0 Å². The standard InChI is InChI=1S/C19H16N2O3/c20-16(19(22)23-13-14-7-3-1-4-8-14)11-18-21-12-17(24-18)15-9-5-2-6-10-15/h1-12H,13,20H2/b16-11+. The van der Waals surface area contributed by atoms with Crippen molar-refractivity contribution in [2.45, 2.75) is 6.61 Å². The number of hydrogen-bond donors (Lipinski definition) is 1. The zero-order chi connectivity index (χ0) is 16.8. The average molecular weight is 320 g/mol. The predicted molar refractivity (Wildman–Crippen MR) is 90.3 cm³/mol. The minimum absolute atomic E-state index is 0.0626. The van der Waals surface area contributed by atoms with E-state index in [2.05, 4.69) is 4.98 Å². The van der Waals surface area contributed by atoms with E-state index in [0.717, 1.165) is 11.1 Å². The SMILES string of the molecule is N/C(=C/c1ncc(-c2ccccc2)o1)C(=O)OCc1ccccc1. The van der Waals surface area contributed by atoms with Gasteiger partial charge in [-0.1, -0.05) is 60.7 Å². The van der Waals surface area contributed by atoms with Crippen molar-refractivity contribution in [3.63, 3.8) is 0 Å². The summed E-state index contributed by atoms with van der Waals surface area (Å²) in [5.74, 6) is 0.244. The first kappa shape index (κ1) is 15.6. The maximum atomic E-state index is 11.9. The summed E-state index contributed by atoms with van der Waals surface area (Å²) in [7, 11) is 0. The molecule has 0 amide bonds. The first-order valence-electron chi connectivity index (χ1n) is 7.42. The van der Waals surface area contributed by atoms with Crippen LogP contribution >= 0.6 is 0 Å². The number of hydrogen-bond acceptors (Lipinski definition) is 5. The largest absolute Gasteiger partial charge is 0.456 e. The fourth-order valence-electron chi connectivity index (χ4n) is 2.09. The molecular formula is C19H16N2O3. The zero-order valence-corrected chi connectivity index (χ0v) is 12.9.